The predicted molar refractivity (Wildman–Crippen MR) is 116 cm³/mol. The highest BCUT2D eigenvalue weighted by molar-refractivity contribution is 6.30. The van der Waals surface area contributed by atoms with Gasteiger partial charge in [-0.2, -0.15) is 0 Å². The molecule has 7 heteroatoms. The summed E-state index contributed by atoms with van der Waals surface area (Å²) in [6.45, 7) is 2.63. The maximum absolute atomic E-state index is 12.7. The summed E-state index contributed by atoms with van der Waals surface area (Å²) in [5.41, 5.74) is 1.56. The van der Waals surface area contributed by atoms with Gasteiger partial charge in [0.1, 0.15) is 6.54 Å². The Morgan fingerprint density at radius 1 is 1.10 bits per heavy atom. The van der Waals surface area contributed by atoms with Gasteiger partial charge in [0.25, 0.3) is 5.56 Å². The second-order valence-electron chi connectivity index (χ2n) is 7.66. The highest BCUT2D eigenvalue weighted by atomic mass is 35.5. The van der Waals surface area contributed by atoms with Crippen molar-refractivity contribution in [2.45, 2.75) is 26.0 Å². The Balaban J connectivity index is 1.26. The molecule has 0 aliphatic carbocycles. The van der Waals surface area contributed by atoms with Crippen molar-refractivity contribution in [1.82, 2.24) is 14.5 Å². The second kappa shape index (κ2) is 9.41. The number of hydrogen-bond donors (Lipinski definition) is 0. The van der Waals surface area contributed by atoms with Gasteiger partial charge in [-0.1, -0.05) is 35.9 Å². The Labute approximate surface area is 180 Å². The van der Waals surface area contributed by atoms with Crippen LogP contribution in [0.4, 0.5) is 0 Å². The number of halogens is 1. The van der Waals surface area contributed by atoms with E-state index in [1.807, 2.05) is 35.2 Å². The number of carbonyl (C=O) groups excluding carboxylic acids is 1. The number of aromatic nitrogens is 2. The van der Waals surface area contributed by atoms with E-state index in [1.165, 1.54) is 10.9 Å². The van der Waals surface area contributed by atoms with E-state index in [-0.39, 0.29) is 18.0 Å². The van der Waals surface area contributed by atoms with E-state index < -0.39 is 0 Å². The minimum Gasteiger partial charge on any atom is -0.376 e. The Kier molecular flexibility index (Phi) is 6.45. The Hall–Kier alpha value is -2.70. The quantitative estimate of drug-likeness (QED) is 0.606. The van der Waals surface area contributed by atoms with Crippen molar-refractivity contribution in [3.63, 3.8) is 0 Å². The SMILES string of the molecule is O=C(Cn1cnc2ccccc2c1=O)N1CCC(COCc2ccc(Cl)cc2)CC1. The van der Waals surface area contributed by atoms with Crippen molar-refractivity contribution < 1.29 is 9.53 Å². The summed E-state index contributed by atoms with van der Waals surface area (Å²) >= 11 is 5.90. The van der Waals surface area contributed by atoms with Crippen LogP contribution in [0.5, 0.6) is 0 Å². The van der Waals surface area contributed by atoms with Crippen molar-refractivity contribution in [3.8, 4) is 0 Å². The summed E-state index contributed by atoms with van der Waals surface area (Å²) in [6, 6.07) is 14.8. The first-order chi connectivity index (χ1) is 14.6. The van der Waals surface area contributed by atoms with Crippen molar-refractivity contribution in [2.75, 3.05) is 19.7 Å². The first kappa shape index (κ1) is 20.6. The third-order valence-corrected chi connectivity index (χ3v) is 5.79. The predicted octanol–water partition coefficient (Wildman–Crippen LogP) is 3.51. The van der Waals surface area contributed by atoms with Crippen LogP contribution >= 0.6 is 11.6 Å². The number of piperidine rings is 1. The van der Waals surface area contributed by atoms with E-state index in [4.69, 9.17) is 16.3 Å². The fourth-order valence-corrected chi connectivity index (χ4v) is 3.86. The lowest BCUT2D eigenvalue weighted by Crippen LogP contribution is -2.42. The molecule has 0 radical (unpaired) electrons. The molecular weight excluding hydrogens is 402 g/mol. The molecule has 1 aliphatic rings. The molecule has 0 N–H and O–H groups in total. The fraction of sp³-hybridized carbons (Fsp3) is 0.348. The molecule has 156 valence electrons. The summed E-state index contributed by atoms with van der Waals surface area (Å²) in [5, 5.41) is 1.25. The van der Waals surface area contributed by atoms with Gasteiger partial charge in [0.15, 0.2) is 0 Å². The number of amides is 1. The van der Waals surface area contributed by atoms with Gasteiger partial charge in [0.05, 0.1) is 23.8 Å². The molecule has 2 aromatic carbocycles. The first-order valence-corrected chi connectivity index (χ1v) is 10.5. The Morgan fingerprint density at radius 3 is 2.60 bits per heavy atom. The maximum atomic E-state index is 12.7. The average molecular weight is 426 g/mol. The second-order valence-corrected chi connectivity index (χ2v) is 8.10. The number of para-hydroxylation sites is 1. The summed E-state index contributed by atoms with van der Waals surface area (Å²) in [5.74, 6) is 0.390. The standard InChI is InChI=1S/C23H24ClN3O3/c24-19-7-5-17(6-8-19)14-30-15-18-9-11-26(12-10-18)22(28)13-27-16-25-21-4-2-1-3-20(21)23(27)29/h1-8,16,18H,9-15H2. The van der Waals surface area contributed by atoms with Crippen LogP contribution in [-0.4, -0.2) is 40.1 Å². The van der Waals surface area contributed by atoms with E-state index >= 15 is 0 Å². The van der Waals surface area contributed by atoms with Crippen LogP contribution in [0.25, 0.3) is 10.9 Å². The summed E-state index contributed by atoms with van der Waals surface area (Å²) < 4.78 is 7.24. The van der Waals surface area contributed by atoms with Gasteiger partial charge < -0.3 is 9.64 Å². The molecule has 6 nitrogen and oxygen atoms in total. The monoisotopic (exact) mass is 425 g/mol. The molecule has 0 saturated carbocycles. The molecule has 30 heavy (non-hydrogen) atoms. The number of likely N-dealkylation sites (tertiary alicyclic amines) is 1. The van der Waals surface area contributed by atoms with Gasteiger partial charge in [-0.15, -0.1) is 0 Å². The van der Waals surface area contributed by atoms with Gasteiger partial charge in [-0.3, -0.25) is 14.2 Å². The van der Waals surface area contributed by atoms with E-state index in [0.717, 1.165) is 23.4 Å². The highest BCUT2D eigenvalue weighted by Gasteiger charge is 2.23. The largest absolute Gasteiger partial charge is 0.376 e. The van der Waals surface area contributed by atoms with Gasteiger partial charge >= 0.3 is 0 Å². The molecule has 3 aromatic rings. The summed E-state index contributed by atoms with van der Waals surface area (Å²) in [7, 11) is 0. The molecule has 0 unspecified atom stereocenters. The van der Waals surface area contributed by atoms with Crippen LogP contribution in [0.1, 0.15) is 18.4 Å². The van der Waals surface area contributed by atoms with E-state index in [1.54, 1.807) is 18.2 Å². The van der Waals surface area contributed by atoms with Crippen LogP contribution in [0, 0.1) is 5.92 Å². The van der Waals surface area contributed by atoms with Gasteiger partial charge in [0, 0.05) is 24.7 Å². The smallest absolute Gasteiger partial charge is 0.261 e. The third-order valence-electron chi connectivity index (χ3n) is 5.54. The van der Waals surface area contributed by atoms with Crippen molar-refractivity contribution in [3.05, 3.63) is 75.8 Å². The molecule has 1 aliphatic heterocycles. The lowest BCUT2D eigenvalue weighted by molar-refractivity contribution is -0.133. The number of hydrogen-bond acceptors (Lipinski definition) is 4. The minimum absolute atomic E-state index is 0.0222. The maximum Gasteiger partial charge on any atom is 0.261 e. The number of ether oxygens (including phenoxy) is 1. The van der Waals surface area contributed by atoms with Crippen LogP contribution in [0.2, 0.25) is 5.02 Å². The first-order valence-electron chi connectivity index (χ1n) is 10.1. The number of rotatable bonds is 6. The zero-order valence-electron chi connectivity index (χ0n) is 16.7. The van der Waals surface area contributed by atoms with Gasteiger partial charge in [-0.05, 0) is 48.6 Å². The van der Waals surface area contributed by atoms with Crippen LogP contribution in [-0.2, 0) is 22.7 Å². The van der Waals surface area contributed by atoms with Gasteiger partial charge in [-0.25, -0.2) is 4.98 Å². The molecule has 1 aromatic heterocycles. The topological polar surface area (TPSA) is 64.4 Å². The van der Waals surface area contributed by atoms with Crippen molar-refractivity contribution in [2.24, 2.45) is 5.92 Å². The lowest BCUT2D eigenvalue weighted by Gasteiger charge is -2.32. The molecule has 0 spiro atoms. The molecule has 1 saturated heterocycles. The Bertz CT molecular complexity index is 1070. The number of fused-ring (bicyclic) bond motifs is 1. The highest BCUT2D eigenvalue weighted by Crippen LogP contribution is 2.19. The molecular formula is C23H24ClN3O3. The Morgan fingerprint density at radius 2 is 1.83 bits per heavy atom. The fourth-order valence-electron chi connectivity index (χ4n) is 3.74. The lowest BCUT2D eigenvalue weighted by atomic mass is 9.98. The van der Waals surface area contributed by atoms with Crippen LogP contribution in [0.3, 0.4) is 0 Å². The molecule has 1 fully saturated rings. The average Bonchev–Trinajstić information content (AvgIpc) is 2.78. The van der Waals surface area contributed by atoms with E-state index in [9.17, 15) is 9.59 Å². The minimum atomic E-state index is -0.181. The van der Waals surface area contributed by atoms with E-state index in [0.29, 0.717) is 43.1 Å². The van der Waals surface area contributed by atoms with Crippen molar-refractivity contribution >= 4 is 28.4 Å². The molecule has 4 rings (SSSR count). The van der Waals surface area contributed by atoms with Gasteiger partial charge in [0.2, 0.25) is 5.91 Å². The van der Waals surface area contributed by atoms with Crippen LogP contribution < -0.4 is 5.56 Å². The third kappa shape index (κ3) is 4.89. The number of nitrogens with zero attached hydrogens (tertiary/aromatic N) is 3. The van der Waals surface area contributed by atoms with E-state index in [2.05, 4.69) is 4.98 Å². The summed E-state index contributed by atoms with van der Waals surface area (Å²) in [6.07, 6.45) is 3.26. The number of benzene rings is 2. The summed E-state index contributed by atoms with van der Waals surface area (Å²) in [4.78, 5) is 31.4. The zero-order chi connectivity index (χ0) is 20.9. The molecule has 0 atom stereocenters. The van der Waals surface area contributed by atoms with Crippen molar-refractivity contribution in [1.29, 1.82) is 0 Å². The zero-order valence-corrected chi connectivity index (χ0v) is 17.4. The normalized spacial score (nSPS) is 14.9. The molecule has 1 amide bonds. The molecule has 0 bridgehead atoms. The molecule has 2 heterocycles. The number of carbonyl (C=O) groups is 1. The van der Waals surface area contributed by atoms with Crippen LogP contribution in [0.15, 0.2) is 59.7 Å².